The number of fused-ring (bicyclic) bond motifs is 2. The van der Waals surface area contributed by atoms with E-state index in [2.05, 4.69) is 25.9 Å². The van der Waals surface area contributed by atoms with Crippen molar-refractivity contribution in [3.05, 3.63) is 70.2 Å². The summed E-state index contributed by atoms with van der Waals surface area (Å²) in [6.07, 6.45) is -0.377. The number of nitrogens with one attached hydrogen (secondary N) is 3. The fourth-order valence-electron chi connectivity index (χ4n) is 7.96. The molecule has 0 spiro atoms. The third kappa shape index (κ3) is 11.0. The first-order valence-corrected chi connectivity index (χ1v) is 22.4. The predicted octanol–water partition coefficient (Wildman–Crippen LogP) is 4.80. The van der Waals surface area contributed by atoms with E-state index in [1.165, 1.54) is 29.2 Å². The average Bonchev–Trinajstić information content (AvgIpc) is 3.54. The molecule has 22 heteroatoms. The van der Waals surface area contributed by atoms with Gasteiger partial charge in [0.1, 0.15) is 34.5 Å². The molecule has 7 rings (SSSR count). The number of hydrogen-bond donors (Lipinski definition) is 4. The number of amides is 6. The molecule has 3 aromatic carbocycles. The zero-order valence-corrected chi connectivity index (χ0v) is 38.7. The summed E-state index contributed by atoms with van der Waals surface area (Å²) in [7, 11) is 1.62. The van der Waals surface area contributed by atoms with Crippen LogP contribution in [0.15, 0.2) is 42.5 Å². The minimum atomic E-state index is -1.07. The molecule has 0 bridgehead atoms. The van der Waals surface area contributed by atoms with Crippen LogP contribution in [0.2, 0.25) is 5.02 Å². The maximum atomic E-state index is 16.6. The Morgan fingerprint density at radius 2 is 1.63 bits per heavy atom. The summed E-state index contributed by atoms with van der Waals surface area (Å²) in [5, 5.41) is 18.9. The van der Waals surface area contributed by atoms with Crippen LogP contribution in [-0.4, -0.2) is 156 Å². The summed E-state index contributed by atoms with van der Waals surface area (Å²) in [6.45, 7) is 8.03. The first kappa shape index (κ1) is 49.2. The van der Waals surface area contributed by atoms with Gasteiger partial charge in [-0.15, -0.1) is 0 Å². The lowest BCUT2D eigenvalue weighted by atomic mass is 10.0. The normalized spacial score (nSPS) is 16.3. The Morgan fingerprint density at radius 1 is 0.912 bits per heavy atom. The van der Waals surface area contributed by atoms with E-state index < -0.39 is 64.3 Å². The summed E-state index contributed by atoms with van der Waals surface area (Å²) in [5.41, 5.74) is -0.963. The number of rotatable bonds is 17. The fraction of sp³-hybridized carbons (Fsp3) is 0.435. The Balaban J connectivity index is 0.885. The van der Waals surface area contributed by atoms with Crippen molar-refractivity contribution in [2.75, 3.05) is 94.8 Å². The lowest BCUT2D eigenvalue weighted by Crippen LogP contribution is -2.54. The number of likely N-dealkylation sites (N-methyl/N-ethyl adjacent to an activating group) is 1. The molecule has 0 saturated carbocycles. The summed E-state index contributed by atoms with van der Waals surface area (Å²) in [5.74, 6) is -4.69. The zero-order valence-electron chi connectivity index (χ0n) is 38.0. The number of halogens is 3. The van der Waals surface area contributed by atoms with Crippen molar-refractivity contribution in [3.8, 4) is 16.9 Å². The van der Waals surface area contributed by atoms with Crippen molar-refractivity contribution >= 4 is 75.6 Å². The number of nitrogens with zero attached hydrogens (tertiary/aromatic N) is 6. The number of carbonyl (C=O) groups is 6. The highest BCUT2D eigenvalue weighted by Gasteiger charge is 2.45. The molecule has 0 radical (unpaired) electrons. The smallest absolute Gasteiger partial charge is 0.410 e. The fourth-order valence-corrected chi connectivity index (χ4v) is 8.24. The van der Waals surface area contributed by atoms with E-state index in [4.69, 9.17) is 25.8 Å². The van der Waals surface area contributed by atoms with Crippen LogP contribution in [0, 0.1) is 11.6 Å². The topological polar surface area (TPSA) is 225 Å². The Labute approximate surface area is 395 Å². The van der Waals surface area contributed by atoms with Crippen LogP contribution in [0.3, 0.4) is 0 Å². The number of carbonyl (C=O) groups excluding carboxylic acids is 6. The van der Waals surface area contributed by atoms with Gasteiger partial charge in [0.15, 0.2) is 5.82 Å². The summed E-state index contributed by atoms with van der Waals surface area (Å²) < 4.78 is 48.4. The monoisotopic (exact) mass is 963 g/mol. The molecule has 2 saturated heterocycles. The van der Waals surface area contributed by atoms with Gasteiger partial charge in [-0.2, -0.15) is 4.98 Å². The van der Waals surface area contributed by atoms with Crippen molar-refractivity contribution in [1.29, 1.82) is 0 Å². The molecule has 1 aromatic heterocycles. The van der Waals surface area contributed by atoms with Gasteiger partial charge in [0.2, 0.25) is 23.7 Å². The number of phenolic OH excluding ortho intramolecular Hbond substituents is 1. The molecule has 2 fully saturated rings. The molecule has 4 aromatic rings. The first-order valence-electron chi connectivity index (χ1n) is 22.1. The molecular weight excluding hydrogens is 912 g/mol. The van der Waals surface area contributed by atoms with Gasteiger partial charge in [0, 0.05) is 82.3 Å². The Bertz CT molecular complexity index is 2600. The molecule has 6 amide bonds. The van der Waals surface area contributed by atoms with E-state index in [0.29, 0.717) is 31.1 Å². The minimum absolute atomic E-state index is 0.00862. The summed E-state index contributed by atoms with van der Waals surface area (Å²) in [6, 6.07) is 8.72. The quantitative estimate of drug-likeness (QED) is 0.0824. The molecule has 3 aliphatic rings. The highest BCUT2D eigenvalue weighted by molar-refractivity contribution is 6.34. The lowest BCUT2D eigenvalue weighted by molar-refractivity contribution is -0.136. The van der Waals surface area contributed by atoms with E-state index >= 15 is 8.78 Å². The molecule has 1 atom stereocenters. The van der Waals surface area contributed by atoms with Gasteiger partial charge >= 0.3 is 6.09 Å². The highest BCUT2D eigenvalue weighted by Crippen LogP contribution is 2.43. The van der Waals surface area contributed by atoms with E-state index in [9.17, 15) is 33.9 Å². The molecule has 3 aliphatic heterocycles. The molecular formula is C46H52ClF2N9O10. The van der Waals surface area contributed by atoms with Gasteiger partial charge in [0.25, 0.3) is 11.8 Å². The number of hydrogen-bond acceptors (Lipinski definition) is 15. The van der Waals surface area contributed by atoms with Crippen molar-refractivity contribution in [1.82, 2.24) is 30.0 Å². The third-order valence-corrected chi connectivity index (χ3v) is 11.7. The highest BCUT2D eigenvalue weighted by atomic mass is 35.5. The largest absolute Gasteiger partial charge is 0.507 e. The van der Waals surface area contributed by atoms with Gasteiger partial charge in [-0.05, 0) is 57.5 Å². The molecule has 19 nitrogen and oxygen atoms in total. The number of phenols is 1. The maximum absolute atomic E-state index is 16.6. The molecule has 362 valence electrons. The second kappa shape index (κ2) is 21.1. The number of piperazine rings is 1. The number of benzene rings is 3. The van der Waals surface area contributed by atoms with Crippen LogP contribution in [0.25, 0.3) is 22.0 Å². The van der Waals surface area contributed by atoms with Crippen molar-refractivity contribution in [3.63, 3.8) is 0 Å². The van der Waals surface area contributed by atoms with Crippen LogP contribution in [0.1, 0.15) is 60.7 Å². The van der Waals surface area contributed by atoms with Gasteiger partial charge in [-0.1, -0.05) is 23.7 Å². The molecule has 68 heavy (non-hydrogen) atoms. The number of piperidine rings is 1. The van der Waals surface area contributed by atoms with Crippen LogP contribution in [-0.2, 0) is 28.6 Å². The Hall–Kier alpha value is -6.71. The predicted molar refractivity (Wildman–Crippen MR) is 246 cm³/mol. The number of aromatic hydroxyl groups is 1. The molecule has 4 heterocycles. The Kier molecular flexibility index (Phi) is 15.2. The SMILES string of the molecule is CN(CCOCCOCCNc1cccc2c1C(=O)N(C1CCC(=O)NC1=O)C2=O)C(=O)CCNc1nc(N2CCN(C(=O)OC(C)(C)C)CC2)c2cc(Cl)c(-c3c(O)cccc3F)c(F)c2n1. The van der Waals surface area contributed by atoms with Crippen molar-refractivity contribution in [2.24, 2.45) is 0 Å². The van der Waals surface area contributed by atoms with Gasteiger partial charge in [0.05, 0.1) is 48.1 Å². The van der Waals surface area contributed by atoms with Gasteiger partial charge in [-0.25, -0.2) is 18.6 Å². The van der Waals surface area contributed by atoms with E-state index in [1.54, 1.807) is 44.9 Å². The number of ether oxygens (including phenoxy) is 3. The molecule has 1 unspecified atom stereocenters. The van der Waals surface area contributed by atoms with E-state index in [1.807, 2.05) is 4.90 Å². The first-order chi connectivity index (χ1) is 32.4. The number of aromatic nitrogens is 2. The van der Waals surface area contributed by atoms with Gasteiger partial charge < -0.3 is 44.7 Å². The average molecular weight is 964 g/mol. The van der Waals surface area contributed by atoms with Crippen LogP contribution in [0.5, 0.6) is 5.75 Å². The zero-order chi connectivity index (χ0) is 48.9. The number of anilines is 3. The summed E-state index contributed by atoms with van der Waals surface area (Å²) >= 11 is 6.59. The van der Waals surface area contributed by atoms with Crippen LogP contribution >= 0.6 is 11.6 Å². The molecule has 0 aliphatic carbocycles. The second-order valence-electron chi connectivity index (χ2n) is 17.2. The number of imide groups is 2. The minimum Gasteiger partial charge on any atom is -0.507 e. The Morgan fingerprint density at radius 3 is 2.34 bits per heavy atom. The second-order valence-corrected chi connectivity index (χ2v) is 17.6. The van der Waals surface area contributed by atoms with E-state index in [0.717, 1.165) is 11.0 Å². The van der Waals surface area contributed by atoms with E-state index in [-0.39, 0.29) is 116 Å². The van der Waals surface area contributed by atoms with Gasteiger partial charge in [-0.3, -0.25) is 34.2 Å². The molecule has 4 N–H and O–H groups in total. The third-order valence-electron chi connectivity index (χ3n) is 11.4. The lowest BCUT2D eigenvalue weighted by Gasteiger charge is -2.36. The van der Waals surface area contributed by atoms with Crippen molar-refractivity contribution < 1.29 is 56.9 Å². The maximum Gasteiger partial charge on any atom is 0.410 e. The summed E-state index contributed by atoms with van der Waals surface area (Å²) in [4.78, 5) is 91.2. The van der Waals surface area contributed by atoms with Crippen LogP contribution < -0.4 is 20.9 Å². The van der Waals surface area contributed by atoms with Crippen molar-refractivity contribution in [2.45, 2.75) is 51.7 Å². The standard InChI is InChI=1S/C46H52ClF2N9O10/c1-46(2,3)68-45(65)57-18-16-56(17-19-57)40-27-25-28(47)36(37-29(48)8-6-10-32(37)59)38(49)39(27)53-44(54-40)51-14-13-34(61)55(4)20-22-67-24-23-66-21-15-50-30-9-5-7-26-35(30)43(64)58(42(26)63)31-11-12-33(60)52-41(31)62/h5-10,25,31,50,59H,11-24H2,1-4H3,(H,51,53,54)(H,52,60,62). The van der Waals surface area contributed by atoms with Crippen LogP contribution in [0.4, 0.5) is 31.0 Å².